The maximum Gasteiger partial charge on any atom is 0.122 e. The second-order valence-electron chi connectivity index (χ2n) is 9.51. The van der Waals surface area contributed by atoms with Crippen molar-refractivity contribution in [2.75, 3.05) is 14.2 Å². The minimum Gasteiger partial charge on any atom is -0.496 e. The van der Waals surface area contributed by atoms with Crippen molar-refractivity contribution < 1.29 is 4.74 Å². The summed E-state index contributed by atoms with van der Waals surface area (Å²) < 4.78 is 5.84. The number of fused-ring (bicyclic) bond motifs is 2. The molecule has 23 heavy (non-hydrogen) atoms. The lowest BCUT2D eigenvalue weighted by molar-refractivity contribution is 0.172. The van der Waals surface area contributed by atoms with Gasteiger partial charge in [-0.3, -0.25) is 4.90 Å². The number of ether oxygens (including phenoxy) is 1. The molecule has 3 aliphatic carbocycles. The molecule has 0 amide bonds. The van der Waals surface area contributed by atoms with Crippen LogP contribution in [0.1, 0.15) is 69.6 Å². The number of methoxy groups -OCH3 is 1. The summed E-state index contributed by atoms with van der Waals surface area (Å²) in [5.74, 6) is 2.00. The largest absolute Gasteiger partial charge is 0.496 e. The number of piperidine rings is 1. The Morgan fingerprint density at radius 1 is 1.17 bits per heavy atom. The summed E-state index contributed by atoms with van der Waals surface area (Å²) in [7, 11) is 4.20. The molecular formula is C21H29NO. The van der Waals surface area contributed by atoms with Gasteiger partial charge in [-0.1, -0.05) is 33.6 Å². The molecule has 124 valence electrons. The second-order valence-corrected chi connectivity index (χ2v) is 9.51. The van der Waals surface area contributed by atoms with Gasteiger partial charge in [0.05, 0.1) is 12.6 Å². The van der Waals surface area contributed by atoms with E-state index in [9.17, 15) is 0 Å². The molecule has 1 aromatic carbocycles. The summed E-state index contributed by atoms with van der Waals surface area (Å²) in [5.41, 5.74) is 5.64. The molecule has 3 fully saturated rings. The summed E-state index contributed by atoms with van der Waals surface area (Å²) in [5, 5.41) is 0. The molecule has 2 heteroatoms. The first-order valence-electron chi connectivity index (χ1n) is 9.33. The van der Waals surface area contributed by atoms with Crippen molar-refractivity contribution in [2.45, 2.75) is 75.3 Å². The number of hydrogen-bond donors (Lipinski definition) is 0. The second kappa shape index (κ2) is 3.96. The van der Waals surface area contributed by atoms with E-state index in [1.165, 1.54) is 37.7 Å². The van der Waals surface area contributed by atoms with Crippen molar-refractivity contribution in [3.63, 3.8) is 0 Å². The monoisotopic (exact) mass is 311 g/mol. The van der Waals surface area contributed by atoms with Crippen molar-refractivity contribution in [2.24, 2.45) is 5.92 Å². The predicted molar refractivity (Wildman–Crippen MR) is 93.2 cm³/mol. The summed E-state index contributed by atoms with van der Waals surface area (Å²) in [4.78, 5) is 2.69. The van der Waals surface area contributed by atoms with Crippen molar-refractivity contribution in [1.29, 1.82) is 0 Å². The van der Waals surface area contributed by atoms with Crippen molar-refractivity contribution in [3.8, 4) is 5.75 Å². The smallest absolute Gasteiger partial charge is 0.122 e. The molecule has 1 aliphatic heterocycles. The van der Waals surface area contributed by atoms with Crippen LogP contribution in [-0.4, -0.2) is 25.1 Å². The van der Waals surface area contributed by atoms with Crippen LogP contribution < -0.4 is 4.74 Å². The molecule has 2 bridgehead atoms. The Labute approximate surface area is 140 Å². The Kier molecular flexibility index (Phi) is 2.47. The van der Waals surface area contributed by atoms with E-state index in [0.717, 1.165) is 17.7 Å². The van der Waals surface area contributed by atoms with Crippen LogP contribution in [0.15, 0.2) is 12.1 Å². The highest BCUT2D eigenvalue weighted by Gasteiger charge is 2.80. The topological polar surface area (TPSA) is 12.2 Å². The average molecular weight is 311 g/mol. The highest BCUT2D eigenvalue weighted by atomic mass is 16.5. The summed E-state index contributed by atoms with van der Waals surface area (Å²) >= 11 is 0. The first-order valence-corrected chi connectivity index (χ1v) is 9.33. The van der Waals surface area contributed by atoms with Gasteiger partial charge in [-0.15, -0.1) is 0 Å². The normalized spacial score (nSPS) is 42.9. The van der Waals surface area contributed by atoms with E-state index in [1.54, 1.807) is 11.1 Å². The van der Waals surface area contributed by atoms with Gasteiger partial charge >= 0.3 is 0 Å². The van der Waals surface area contributed by atoms with Gasteiger partial charge in [0.1, 0.15) is 5.75 Å². The minimum atomic E-state index is 0.130. The Hall–Kier alpha value is -1.02. The van der Waals surface area contributed by atoms with E-state index in [4.69, 9.17) is 4.74 Å². The lowest BCUT2D eigenvalue weighted by atomic mass is 9.63. The van der Waals surface area contributed by atoms with Crippen LogP contribution in [0.2, 0.25) is 0 Å². The average Bonchev–Trinajstić information content (AvgIpc) is 2.88. The van der Waals surface area contributed by atoms with Crippen LogP contribution >= 0.6 is 0 Å². The van der Waals surface area contributed by atoms with Crippen molar-refractivity contribution in [1.82, 2.24) is 4.90 Å². The summed E-state index contributed by atoms with van der Waals surface area (Å²) in [6.45, 7) is 6.91. The first-order chi connectivity index (χ1) is 10.9. The molecule has 2 saturated carbocycles. The lowest BCUT2D eigenvalue weighted by Gasteiger charge is -2.42. The van der Waals surface area contributed by atoms with E-state index >= 15 is 0 Å². The maximum atomic E-state index is 5.84. The van der Waals surface area contributed by atoms with Gasteiger partial charge in [0, 0.05) is 11.5 Å². The molecule has 0 radical (unpaired) electrons. The van der Waals surface area contributed by atoms with Crippen LogP contribution in [-0.2, 0) is 16.4 Å². The Morgan fingerprint density at radius 2 is 1.96 bits per heavy atom. The quantitative estimate of drug-likeness (QED) is 0.715. The summed E-state index contributed by atoms with van der Waals surface area (Å²) in [6.07, 6.45) is 7.04. The number of hydrogen-bond acceptors (Lipinski definition) is 2. The molecule has 0 N–H and O–H groups in total. The molecule has 1 aromatic rings. The number of likely N-dealkylation sites (tertiary alicyclic amines) is 1. The zero-order chi connectivity index (χ0) is 16.2. The van der Waals surface area contributed by atoms with Crippen molar-refractivity contribution >= 4 is 0 Å². The predicted octanol–water partition coefficient (Wildman–Crippen LogP) is 4.35. The summed E-state index contributed by atoms with van der Waals surface area (Å²) in [6, 6.07) is 5.77. The van der Waals surface area contributed by atoms with Crippen LogP contribution in [0.4, 0.5) is 0 Å². The van der Waals surface area contributed by atoms with Crippen molar-refractivity contribution in [3.05, 3.63) is 28.8 Å². The molecular weight excluding hydrogens is 282 g/mol. The molecule has 0 aromatic heterocycles. The Bertz CT molecular complexity index is 703. The molecule has 5 atom stereocenters. The van der Waals surface area contributed by atoms with E-state index in [2.05, 4.69) is 44.9 Å². The fourth-order valence-electron chi connectivity index (χ4n) is 6.74. The molecule has 2 unspecified atom stereocenters. The van der Waals surface area contributed by atoms with Crippen LogP contribution in [0, 0.1) is 5.92 Å². The van der Waals surface area contributed by atoms with E-state index in [-0.39, 0.29) is 5.41 Å². The Morgan fingerprint density at radius 3 is 2.65 bits per heavy atom. The van der Waals surface area contributed by atoms with Gasteiger partial charge in [-0.2, -0.15) is 0 Å². The molecule has 4 aliphatic rings. The van der Waals surface area contributed by atoms with E-state index in [0.29, 0.717) is 11.0 Å². The zero-order valence-electron chi connectivity index (χ0n) is 15.2. The van der Waals surface area contributed by atoms with Gasteiger partial charge < -0.3 is 4.74 Å². The van der Waals surface area contributed by atoms with E-state index in [1.807, 2.05) is 7.11 Å². The standard InChI is InChI=1S/C21H29NO/c1-19(2,3)16-10-15-14(11-17(16)23-5)20-9-7-6-8-13(20)18-21(15,12-20)22(18)4/h10-11,13,18H,6-9,12H2,1-5H3/t13-,18-,20+,21?,22?/m1/s1. The highest BCUT2D eigenvalue weighted by Crippen LogP contribution is 2.77. The zero-order valence-corrected chi connectivity index (χ0v) is 15.2. The van der Waals surface area contributed by atoms with Gasteiger partial charge in [-0.05, 0) is 66.5 Å². The molecule has 2 spiro atoms. The fourth-order valence-corrected chi connectivity index (χ4v) is 6.74. The minimum absolute atomic E-state index is 0.130. The molecule has 1 saturated heterocycles. The number of nitrogens with zero attached hydrogens (tertiary/aromatic N) is 1. The third-order valence-corrected chi connectivity index (χ3v) is 7.68. The Balaban J connectivity index is 1.76. The van der Waals surface area contributed by atoms with Gasteiger partial charge in [0.2, 0.25) is 0 Å². The molecule has 2 nitrogen and oxygen atoms in total. The van der Waals surface area contributed by atoms with Crippen LogP contribution in [0.5, 0.6) is 5.75 Å². The van der Waals surface area contributed by atoms with Crippen LogP contribution in [0.3, 0.4) is 0 Å². The first kappa shape index (κ1) is 14.3. The van der Waals surface area contributed by atoms with Gasteiger partial charge in [0.25, 0.3) is 0 Å². The maximum absolute atomic E-state index is 5.84. The number of benzene rings is 1. The van der Waals surface area contributed by atoms with E-state index < -0.39 is 0 Å². The fraction of sp³-hybridized carbons (Fsp3) is 0.714. The number of likely N-dealkylation sites (N-methyl/N-ethyl adjacent to an activating group) is 1. The molecule has 1 heterocycles. The third-order valence-electron chi connectivity index (χ3n) is 7.68. The SMILES string of the molecule is COc1cc2c(cc1C(C)(C)C)C13C[C@]24CCCC[C@@H]4[C@H]1N3C. The number of rotatable bonds is 1. The molecule has 5 rings (SSSR count). The lowest BCUT2D eigenvalue weighted by Crippen LogP contribution is -2.38. The van der Waals surface area contributed by atoms with Gasteiger partial charge in [0.15, 0.2) is 0 Å². The third kappa shape index (κ3) is 1.42. The van der Waals surface area contributed by atoms with Gasteiger partial charge in [-0.25, -0.2) is 0 Å². The van der Waals surface area contributed by atoms with Crippen LogP contribution in [0.25, 0.3) is 0 Å². The highest BCUT2D eigenvalue weighted by molar-refractivity contribution is 5.62.